The number of carbonyl (C=O) groups is 1. The Morgan fingerprint density at radius 1 is 1.14 bits per heavy atom. The molecule has 0 radical (unpaired) electrons. The molecule has 1 aliphatic rings. The molecule has 7 nitrogen and oxygen atoms in total. The molecule has 0 bridgehead atoms. The van der Waals surface area contributed by atoms with Crippen molar-refractivity contribution in [3.63, 3.8) is 0 Å². The van der Waals surface area contributed by atoms with Gasteiger partial charge in [0.05, 0.1) is 24.2 Å². The summed E-state index contributed by atoms with van der Waals surface area (Å²) in [5, 5.41) is 11.9. The zero-order valence-corrected chi connectivity index (χ0v) is 20.5. The van der Waals surface area contributed by atoms with Crippen LogP contribution in [0.25, 0.3) is 17.3 Å². The van der Waals surface area contributed by atoms with E-state index in [1.54, 1.807) is 47.5 Å². The molecule has 3 aromatic rings. The first-order chi connectivity index (χ1) is 16.9. The first kappa shape index (κ1) is 25.1. The minimum atomic E-state index is -3.66. The van der Waals surface area contributed by atoms with E-state index < -0.39 is 20.6 Å². The molecule has 2 atom stereocenters. The molecule has 1 aromatic heterocycles. The van der Waals surface area contributed by atoms with E-state index in [1.807, 2.05) is 30.3 Å². The minimum absolute atomic E-state index is 0.0524. The molecule has 2 unspecified atom stereocenters. The van der Waals surface area contributed by atoms with Gasteiger partial charge in [-0.25, -0.2) is 8.42 Å². The number of aromatic nitrogens is 1. The highest BCUT2D eigenvalue weighted by molar-refractivity contribution is 7.95. The number of hydrogen-bond acceptors (Lipinski definition) is 6. The second kappa shape index (κ2) is 11.1. The van der Waals surface area contributed by atoms with Gasteiger partial charge in [-0.15, -0.1) is 11.6 Å². The number of carbonyl (C=O) groups excluding carboxylic acids is 1. The van der Waals surface area contributed by atoms with Crippen molar-refractivity contribution in [3.8, 4) is 11.3 Å². The topological polar surface area (TPSA) is 99.6 Å². The van der Waals surface area contributed by atoms with Crippen LogP contribution in [0.3, 0.4) is 0 Å². The standard InChI is InChI=1S/C26H26ClN3O4S/c27-23(18-31)20-6-4-19(5-7-20)12-16-35(33,34)25-17-30(15-14-29-25)26(32)22-10-8-21(9-11-22)24-3-1-2-13-28-24/h1-13,16,23,25,29,31H,14-15,17-18H2/b16-12-. The van der Waals surface area contributed by atoms with Crippen LogP contribution in [0.5, 0.6) is 0 Å². The van der Waals surface area contributed by atoms with E-state index in [0.29, 0.717) is 24.2 Å². The van der Waals surface area contributed by atoms with Crippen molar-refractivity contribution >= 4 is 33.4 Å². The Hall–Kier alpha value is -3.04. The highest BCUT2D eigenvalue weighted by Gasteiger charge is 2.31. The maximum absolute atomic E-state index is 13.1. The summed E-state index contributed by atoms with van der Waals surface area (Å²) >= 11 is 6.01. The molecule has 2 aromatic carbocycles. The molecule has 1 saturated heterocycles. The lowest BCUT2D eigenvalue weighted by molar-refractivity contribution is 0.0726. The monoisotopic (exact) mass is 511 g/mol. The molecule has 182 valence electrons. The SMILES string of the molecule is O=C(c1ccc(-c2ccccn2)cc1)N1CCNC(S(=O)(=O)/C=C\c2ccc(C(Cl)CO)cc2)C1. The number of halogens is 1. The van der Waals surface area contributed by atoms with Crippen molar-refractivity contribution in [2.75, 3.05) is 26.2 Å². The minimum Gasteiger partial charge on any atom is -0.394 e. The van der Waals surface area contributed by atoms with Crippen LogP contribution in [0.2, 0.25) is 0 Å². The predicted molar refractivity (Wildman–Crippen MR) is 137 cm³/mol. The third kappa shape index (κ3) is 6.15. The quantitative estimate of drug-likeness (QED) is 0.471. The molecule has 1 fully saturated rings. The zero-order chi connectivity index (χ0) is 24.8. The Kier molecular flexibility index (Phi) is 7.97. The number of piperazine rings is 1. The Balaban J connectivity index is 1.42. The van der Waals surface area contributed by atoms with Crippen molar-refractivity contribution in [1.29, 1.82) is 0 Å². The van der Waals surface area contributed by atoms with Crippen LogP contribution in [-0.4, -0.2) is 60.9 Å². The Morgan fingerprint density at radius 3 is 2.54 bits per heavy atom. The third-order valence-corrected chi connectivity index (χ3v) is 7.84. The number of aliphatic hydroxyl groups excluding tert-OH is 1. The van der Waals surface area contributed by atoms with E-state index in [1.165, 1.54) is 11.5 Å². The van der Waals surface area contributed by atoms with Crippen LogP contribution < -0.4 is 5.32 Å². The Labute approximate surface area is 210 Å². The second-order valence-corrected chi connectivity index (χ2v) is 10.7. The van der Waals surface area contributed by atoms with Crippen molar-refractivity contribution in [1.82, 2.24) is 15.2 Å². The van der Waals surface area contributed by atoms with Gasteiger partial charge < -0.3 is 10.0 Å². The van der Waals surface area contributed by atoms with E-state index in [4.69, 9.17) is 16.7 Å². The molecular formula is C26H26ClN3O4S. The summed E-state index contributed by atoms with van der Waals surface area (Å²) in [5.41, 5.74) is 3.66. The van der Waals surface area contributed by atoms with E-state index >= 15 is 0 Å². The third-order valence-electron chi connectivity index (χ3n) is 5.82. The number of rotatable bonds is 7. The summed E-state index contributed by atoms with van der Waals surface area (Å²) in [7, 11) is -3.66. The summed E-state index contributed by atoms with van der Waals surface area (Å²) in [4.78, 5) is 18.9. The number of amides is 1. The average Bonchev–Trinajstić information content (AvgIpc) is 2.92. The maximum Gasteiger partial charge on any atom is 0.253 e. The molecular weight excluding hydrogens is 486 g/mol. The van der Waals surface area contributed by atoms with Gasteiger partial charge >= 0.3 is 0 Å². The van der Waals surface area contributed by atoms with Gasteiger partial charge in [0, 0.05) is 35.8 Å². The summed E-state index contributed by atoms with van der Waals surface area (Å²) in [6.45, 7) is 0.671. The molecule has 1 aliphatic heterocycles. The first-order valence-corrected chi connectivity index (χ1v) is 13.2. The van der Waals surface area contributed by atoms with Gasteiger partial charge in [0.2, 0.25) is 0 Å². The highest BCUT2D eigenvalue weighted by Crippen LogP contribution is 2.21. The number of nitrogens with zero attached hydrogens (tertiary/aromatic N) is 2. The van der Waals surface area contributed by atoms with E-state index in [-0.39, 0.29) is 19.1 Å². The number of sulfone groups is 1. The normalized spacial score (nSPS) is 17.4. The molecule has 0 aliphatic carbocycles. The van der Waals surface area contributed by atoms with Gasteiger partial charge in [-0.2, -0.15) is 0 Å². The molecule has 2 N–H and O–H groups in total. The van der Waals surface area contributed by atoms with E-state index in [0.717, 1.165) is 16.8 Å². The maximum atomic E-state index is 13.1. The van der Waals surface area contributed by atoms with Crippen LogP contribution in [-0.2, 0) is 9.84 Å². The van der Waals surface area contributed by atoms with Crippen LogP contribution in [0.1, 0.15) is 26.9 Å². The van der Waals surface area contributed by atoms with Crippen molar-refractivity contribution in [2.45, 2.75) is 10.8 Å². The van der Waals surface area contributed by atoms with E-state index in [9.17, 15) is 13.2 Å². The zero-order valence-electron chi connectivity index (χ0n) is 18.9. The fraction of sp³-hybridized carbons (Fsp3) is 0.231. The lowest BCUT2D eigenvalue weighted by Gasteiger charge is -2.32. The number of pyridine rings is 1. The summed E-state index contributed by atoms with van der Waals surface area (Å²) < 4.78 is 25.9. The van der Waals surface area contributed by atoms with Crippen molar-refractivity contribution in [3.05, 3.63) is 95.0 Å². The van der Waals surface area contributed by atoms with Gasteiger partial charge in [-0.3, -0.25) is 15.1 Å². The molecule has 4 rings (SSSR count). The van der Waals surface area contributed by atoms with Crippen LogP contribution in [0, 0.1) is 0 Å². The molecule has 0 saturated carbocycles. The smallest absolute Gasteiger partial charge is 0.253 e. The molecule has 2 heterocycles. The number of alkyl halides is 1. The van der Waals surface area contributed by atoms with E-state index in [2.05, 4.69) is 10.3 Å². The fourth-order valence-corrected chi connectivity index (χ4v) is 5.23. The van der Waals surface area contributed by atoms with Crippen molar-refractivity contribution in [2.24, 2.45) is 0 Å². The van der Waals surface area contributed by atoms with Gasteiger partial charge in [-0.05, 0) is 41.5 Å². The highest BCUT2D eigenvalue weighted by atomic mass is 35.5. The molecule has 0 spiro atoms. The largest absolute Gasteiger partial charge is 0.394 e. The number of nitrogens with one attached hydrogen (secondary N) is 1. The average molecular weight is 512 g/mol. The van der Waals surface area contributed by atoms with Crippen molar-refractivity contribution < 1.29 is 18.3 Å². The number of aliphatic hydroxyl groups is 1. The number of benzene rings is 2. The van der Waals surface area contributed by atoms with Crippen LogP contribution >= 0.6 is 11.6 Å². The number of hydrogen-bond donors (Lipinski definition) is 2. The molecule has 9 heteroatoms. The van der Waals surface area contributed by atoms with Crippen LogP contribution in [0.15, 0.2) is 78.3 Å². The first-order valence-electron chi connectivity index (χ1n) is 11.2. The van der Waals surface area contributed by atoms with Gasteiger partial charge in [0.25, 0.3) is 5.91 Å². The summed E-state index contributed by atoms with van der Waals surface area (Å²) in [5.74, 6) is -0.210. The van der Waals surface area contributed by atoms with Gasteiger partial charge in [0.1, 0.15) is 5.37 Å². The Morgan fingerprint density at radius 2 is 1.89 bits per heavy atom. The Bertz CT molecular complexity index is 1280. The molecule has 35 heavy (non-hydrogen) atoms. The van der Waals surface area contributed by atoms with Gasteiger partial charge in [0.15, 0.2) is 9.84 Å². The second-order valence-electron chi connectivity index (χ2n) is 8.19. The van der Waals surface area contributed by atoms with Gasteiger partial charge in [-0.1, -0.05) is 42.5 Å². The summed E-state index contributed by atoms with van der Waals surface area (Å²) in [6.07, 6.45) is 3.23. The lowest BCUT2D eigenvalue weighted by atomic mass is 10.1. The molecule has 1 amide bonds. The van der Waals surface area contributed by atoms with Crippen LogP contribution in [0.4, 0.5) is 0 Å². The fourth-order valence-electron chi connectivity index (χ4n) is 3.81. The predicted octanol–water partition coefficient (Wildman–Crippen LogP) is 3.48. The summed E-state index contributed by atoms with van der Waals surface area (Å²) in [6, 6.07) is 19.8. The lowest BCUT2D eigenvalue weighted by Crippen LogP contribution is -2.55.